The van der Waals surface area contributed by atoms with Crippen LogP contribution in [0.1, 0.15) is 49.5 Å². The third-order valence-corrected chi connectivity index (χ3v) is 3.83. The molecular weight excluding hydrogens is 366 g/mol. The maximum absolute atomic E-state index is 12.3. The first-order valence-corrected chi connectivity index (χ1v) is 9.26. The molecule has 0 aliphatic heterocycles. The highest BCUT2D eigenvalue weighted by Crippen LogP contribution is 2.23. The number of hydrogen-bond donors (Lipinski definition) is 2. The number of nitrogens with one attached hydrogen (secondary N) is 2. The van der Waals surface area contributed by atoms with Crippen molar-refractivity contribution >= 4 is 29.1 Å². The molecule has 0 saturated carbocycles. The third-order valence-electron chi connectivity index (χ3n) is 3.56. The largest absolute Gasteiger partial charge is 0.474 e. The van der Waals surface area contributed by atoms with Crippen LogP contribution in [0.2, 0.25) is 5.02 Å². The maximum atomic E-state index is 12.3. The minimum absolute atomic E-state index is 0.0249. The molecule has 0 radical (unpaired) electrons. The fraction of sp³-hybridized carbons (Fsp3) is 0.350. The van der Waals surface area contributed by atoms with Crippen molar-refractivity contribution in [3.63, 3.8) is 0 Å². The summed E-state index contributed by atoms with van der Waals surface area (Å²) >= 11 is 6.12. The molecule has 0 fully saturated rings. The van der Waals surface area contributed by atoms with Crippen LogP contribution in [0, 0.1) is 0 Å². The molecule has 1 heterocycles. The van der Waals surface area contributed by atoms with E-state index in [2.05, 4.69) is 15.6 Å². The summed E-state index contributed by atoms with van der Waals surface area (Å²) < 4.78 is 5.46. The summed E-state index contributed by atoms with van der Waals surface area (Å²) in [4.78, 5) is 28.1. The van der Waals surface area contributed by atoms with Gasteiger partial charge in [0.25, 0.3) is 5.91 Å². The Kier molecular flexibility index (Phi) is 7.61. The number of halogens is 1. The summed E-state index contributed by atoms with van der Waals surface area (Å²) in [7, 11) is 0. The van der Waals surface area contributed by atoms with Crippen molar-refractivity contribution in [3.05, 3.63) is 52.7 Å². The second-order valence-electron chi connectivity index (χ2n) is 6.36. The molecule has 2 rings (SSSR count). The molecule has 7 heteroatoms. The number of anilines is 1. The Morgan fingerprint density at radius 3 is 2.70 bits per heavy atom. The lowest BCUT2D eigenvalue weighted by atomic mass is 10.2. The molecule has 0 unspecified atom stereocenters. The first kappa shape index (κ1) is 20.7. The second kappa shape index (κ2) is 9.92. The van der Waals surface area contributed by atoms with E-state index in [1.807, 2.05) is 45.0 Å². The maximum Gasteiger partial charge on any atom is 0.253 e. The molecule has 27 heavy (non-hydrogen) atoms. The Bertz CT molecular complexity index is 809. The van der Waals surface area contributed by atoms with E-state index in [1.165, 1.54) is 12.3 Å². The smallest absolute Gasteiger partial charge is 0.253 e. The van der Waals surface area contributed by atoms with E-state index in [9.17, 15) is 9.59 Å². The quantitative estimate of drug-likeness (QED) is 0.709. The van der Waals surface area contributed by atoms with Crippen molar-refractivity contribution in [1.29, 1.82) is 0 Å². The van der Waals surface area contributed by atoms with Crippen molar-refractivity contribution in [2.45, 2.75) is 46.3 Å². The van der Waals surface area contributed by atoms with Gasteiger partial charge in [0.15, 0.2) is 0 Å². The number of ether oxygens (including phenoxy) is 1. The number of amides is 2. The number of hydrogen-bond acceptors (Lipinski definition) is 4. The van der Waals surface area contributed by atoms with Crippen LogP contribution in [0.5, 0.6) is 5.88 Å². The molecule has 0 aliphatic carbocycles. The zero-order valence-electron chi connectivity index (χ0n) is 15.7. The molecule has 0 spiro atoms. The van der Waals surface area contributed by atoms with Crippen LogP contribution in [0.3, 0.4) is 0 Å². The standard InChI is InChI=1S/C20H24ClN3O3/c1-4-6-18(25)24-16-8-5-7-14(9-16)11-22-19(26)15-10-17(21)20(23-12-15)27-13(2)3/h5,7-10,12-13H,4,6,11H2,1-3H3,(H,22,26)(H,24,25). The van der Waals surface area contributed by atoms with Crippen molar-refractivity contribution in [1.82, 2.24) is 10.3 Å². The number of nitrogens with zero attached hydrogens (tertiary/aromatic N) is 1. The minimum atomic E-state index is -0.291. The van der Waals surface area contributed by atoms with Crippen molar-refractivity contribution in [2.75, 3.05) is 5.32 Å². The molecular formula is C20H24ClN3O3. The Morgan fingerprint density at radius 1 is 1.26 bits per heavy atom. The van der Waals surface area contributed by atoms with Crippen LogP contribution in [0.25, 0.3) is 0 Å². The molecule has 1 aromatic heterocycles. The van der Waals surface area contributed by atoms with E-state index in [1.54, 1.807) is 0 Å². The Morgan fingerprint density at radius 2 is 2.04 bits per heavy atom. The molecule has 144 valence electrons. The SMILES string of the molecule is CCCC(=O)Nc1cccc(CNC(=O)c2cnc(OC(C)C)c(Cl)c2)c1. The van der Waals surface area contributed by atoms with Gasteiger partial charge in [0, 0.05) is 24.8 Å². The number of rotatable bonds is 8. The van der Waals surface area contributed by atoms with E-state index < -0.39 is 0 Å². The van der Waals surface area contributed by atoms with Gasteiger partial charge in [-0.15, -0.1) is 0 Å². The van der Waals surface area contributed by atoms with Crippen molar-refractivity contribution in [2.24, 2.45) is 0 Å². The van der Waals surface area contributed by atoms with Crippen molar-refractivity contribution < 1.29 is 14.3 Å². The minimum Gasteiger partial charge on any atom is -0.474 e. The molecule has 2 N–H and O–H groups in total. The summed E-state index contributed by atoms with van der Waals surface area (Å²) in [5.41, 5.74) is 1.93. The van der Waals surface area contributed by atoms with Crippen LogP contribution < -0.4 is 15.4 Å². The molecule has 0 saturated heterocycles. The number of carbonyl (C=O) groups excluding carboxylic acids is 2. The van der Waals surface area contributed by atoms with Gasteiger partial charge in [0.05, 0.1) is 11.7 Å². The van der Waals surface area contributed by atoms with Gasteiger partial charge >= 0.3 is 0 Å². The highest BCUT2D eigenvalue weighted by Gasteiger charge is 2.12. The molecule has 0 bridgehead atoms. The van der Waals surface area contributed by atoms with E-state index in [0.717, 1.165) is 12.0 Å². The van der Waals surface area contributed by atoms with Gasteiger partial charge in [0.1, 0.15) is 5.02 Å². The predicted octanol–water partition coefficient (Wildman–Crippen LogP) is 4.19. The third kappa shape index (κ3) is 6.57. The number of pyridine rings is 1. The first-order valence-electron chi connectivity index (χ1n) is 8.88. The summed E-state index contributed by atoms with van der Waals surface area (Å²) in [5.74, 6) is -0.0113. The normalized spacial score (nSPS) is 10.6. The summed E-state index contributed by atoms with van der Waals surface area (Å²) in [6.45, 7) is 6.02. The molecule has 1 aromatic carbocycles. The fourth-order valence-electron chi connectivity index (χ4n) is 2.35. The highest BCUT2D eigenvalue weighted by molar-refractivity contribution is 6.32. The van der Waals surface area contributed by atoms with Gasteiger partial charge in [-0.2, -0.15) is 0 Å². The first-order chi connectivity index (χ1) is 12.9. The molecule has 0 aliphatic rings. The van der Waals surface area contributed by atoms with Gasteiger partial charge in [-0.1, -0.05) is 30.7 Å². The highest BCUT2D eigenvalue weighted by atomic mass is 35.5. The van der Waals surface area contributed by atoms with Gasteiger partial charge in [0.2, 0.25) is 11.8 Å². The fourth-order valence-corrected chi connectivity index (χ4v) is 2.56. The van der Waals surface area contributed by atoms with E-state index in [4.69, 9.17) is 16.3 Å². The van der Waals surface area contributed by atoms with Gasteiger partial charge in [-0.3, -0.25) is 9.59 Å². The van der Waals surface area contributed by atoms with Gasteiger partial charge in [-0.05, 0) is 44.0 Å². The summed E-state index contributed by atoms with van der Waals surface area (Å²) in [5, 5.41) is 5.94. The van der Waals surface area contributed by atoms with E-state index >= 15 is 0 Å². The zero-order valence-corrected chi connectivity index (χ0v) is 16.5. The second-order valence-corrected chi connectivity index (χ2v) is 6.77. The van der Waals surface area contributed by atoms with Gasteiger partial charge < -0.3 is 15.4 Å². The van der Waals surface area contributed by atoms with Crippen LogP contribution in [0.15, 0.2) is 36.5 Å². The lowest BCUT2D eigenvalue weighted by Crippen LogP contribution is -2.23. The number of aromatic nitrogens is 1. The molecule has 0 atom stereocenters. The Labute approximate surface area is 164 Å². The average Bonchev–Trinajstić information content (AvgIpc) is 2.61. The molecule has 6 nitrogen and oxygen atoms in total. The summed E-state index contributed by atoms with van der Waals surface area (Å²) in [6.07, 6.45) is 2.64. The number of carbonyl (C=O) groups is 2. The monoisotopic (exact) mass is 389 g/mol. The summed E-state index contributed by atoms with van der Waals surface area (Å²) in [6, 6.07) is 8.89. The zero-order chi connectivity index (χ0) is 19.8. The lowest BCUT2D eigenvalue weighted by molar-refractivity contribution is -0.116. The van der Waals surface area contributed by atoms with Crippen LogP contribution in [0.4, 0.5) is 5.69 Å². The van der Waals surface area contributed by atoms with E-state index in [0.29, 0.717) is 30.1 Å². The molecule has 2 aromatic rings. The van der Waals surface area contributed by atoms with Crippen LogP contribution in [-0.2, 0) is 11.3 Å². The lowest BCUT2D eigenvalue weighted by Gasteiger charge is -2.11. The number of benzene rings is 1. The van der Waals surface area contributed by atoms with Gasteiger partial charge in [-0.25, -0.2) is 4.98 Å². The Hall–Kier alpha value is -2.60. The predicted molar refractivity (Wildman–Crippen MR) is 106 cm³/mol. The average molecular weight is 390 g/mol. The van der Waals surface area contributed by atoms with E-state index in [-0.39, 0.29) is 22.9 Å². The van der Waals surface area contributed by atoms with Crippen LogP contribution in [-0.4, -0.2) is 22.9 Å². The van der Waals surface area contributed by atoms with Crippen LogP contribution >= 0.6 is 11.6 Å². The molecule has 2 amide bonds. The van der Waals surface area contributed by atoms with Crippen molar-refractivity contribution in [3.8, 4) is 5.88 Å². The topological polar surface area (TPSA) is 80.3 Å². The Balaban J connectivity index is 1.97.